The molecule has 1 aromatic carbocycles. The van der Waals surface area contributed by atoms with Crippen molar-refractivity contribution in [1.29, 1.82) is 0 Å². The van der Waals surface area contributed by atoms with Crippen LogP contribution in [0, 0.1) is 10.1 Å². The Labute approximate surface area is 130 Å². The lowest BCUT2D eigenvalue weighted by Crippen LogP contribution is -2.14. The van der Waals surface area contributed by atoms with Gasteiger partial charge in [0.15, 0.2) is 0 Å². The third-order valence-corrected chi connectivity index (χ3v) is 4.41. The van der Waals surface area contributed by atoms with Gasteiger partial charge in [0.1, 0.15) is 5.82 Å². The van der Waals surface area contributed by atoms with Gasteiger partial charge in [0.2, 0.25) is 5.91 Å². The molecule has 7 nitrogen and oxygen atoms in total. The average Bonchev–Trinajstić information content (AvgIpc) is 3.10. The summed E-state index contributed by atoms with van der Waals surface area (Å²) in [6, 6.07) is 6.13. The van der Waals surface area contributed by atoms with E-state index in [0.29, 0.717) is 17.9 Å². The van der Waals surface area contributed by atoms with Crippen molar-refractivity contribution in [3.63, 3.8) is 0 Å². The van der Waals surface area contributed by atoms with Crippen LogP contribution in [0.2, 0.25) is 0 Å². The molecule has 0 bridgehead atoms. The van der Waals surface area contributed by atoms with Crippen LogP contribution in [0.25, 0.3) is 5.69 Å². The molecule has 1 aliphatic heterocycles. The fourth-order valence-electron chi connectivity index (χ4n) is 2.26. The zero-order valence-corrected chi connectivity index (χ0v) is 12.7. The van der Waals surface area contributed by atoms with Gasteiger partial charge < -0.3 is 5.32 Å². The topological polar surface area (TPSA) is 90.1 Å². The molecule has 1 aliphatic rings. The summed E-state index contributed by atoms with van der Waals surface area (Å²) in [4.78, 5) is 22.1. The van der Waals surface area contributed by atoms with Crippen LogP contribution in [-0.2, 0) is 16.3 Å². The standard InChI is InChI=1S/C14H14N4O3S/c1-2-13(19)15-14-11-7-22-8-12(11)16-17(14)9-3-5-10(6-4-9)18(20)21/h3-6H,2,7-8H2,1H3,(H,15,19). The Kier molecular flexibility index (Phi) is 3.84. The number of hydrogen-bond acceptors (Lipinski definition) is 5. The maximum atomic E-state index is 11.8. The maximum Gasteiger partial charge on any atom is 0.269 e. The molecule has 8 heteroatoms. The lowest BCUT2D eigenvalue weighted by Gasteiger charge is -2.10. The summed E-state index contributed by atoms with van der Waals surface area (Å²) in [5.41, 5.74) is 2.70. The lowest BCUT2D eigenvalue weighted by atomic mass is 10.2. The molecule has 2 heterocycles. The predicted molar refractivity (Wildman–Crippen MR) is 84.1 cm³/mol. The molecule has 0 fully saturated rings. The number of nitro benzene ring substituents is 1. The molecular formula is C14H14N4O3S. The number of carbonyl (C=O) groups is 1. The molecule has 1 amide bonds. The Balaban J connectivity index is 2.02. The summed E-state index contributed by atoms with van der Waals surface area (Å²) in [6.45, 7) is 1.79. The van der Waals surface area contributed by atoms with Crippen LogP contribution >= 0.6 is 11.8 Å². The second-order valence-electron chi connectivity index (χ2n) is 4.85. The van der Waals surface area contributed by atoms with Crippen molar-refractivity contribution in [2.45, 2.75) is 24.9 Å². The van der Waals surface area contributed by atoms with Crippen LogP contribution in [0.3, 0.4) is 0 Å². The van der Waals surface area contributed by atoms with Crippen molar-refractivity contribution in [2.75, 3.05) is 5.32 Å². The van der Waals surface area contributed by atoms with E-state index in [2.05, 4.69) is 10.4 Å². The molecular weight excluding hydrogens is 304 g/mol. The van der Waals surface area contributed by atoms with Crippen LogP contribution in [-0.4, -0.2) is 20.6 Å². The number of nitro groups is 1. The van der Waals surface area contributed by atoms with E-state index in [-0.39, 0.29) is 11.6 Å². The number of non-ortho nitro benzene ring substituents is 1. The SMILES string of the molecule is CCC(=O)Nc1c2c(nn1-c1ccc([N+](=O)[O-])cc1)CSC2. The third kappa shape index (κ3) is 2.57. The molecule has 3 rings (SSSR count). The summed E-state index contributed by atoms with van der Waals surface area (Å²) >= 11 is 1.75. The molecule has 0 spiro atoms. The van der Waals surface area contributed by atoms with Gasteiger partial charge in [-0.15, -0.1) is 0 Å². The van der Waals surface area contributed by atoms with Gasteiger partial charge in [-0.2, -0.15) is 16.9 Å². The number of aromatic nitrogens is 2. The smallest absolute Gasteiger partial charge is 0.269 e. The Bertz CT molecular complexity index is 739. The van der Waals surface area contributed by atoms with E-state index < -0.39 is 4.92 Å². The van der Waals surface area contributed by atoms with Gasteiger partial charge in [-0.3, -0.25) is 14.9 Å². The number of amides is 1. The first-order valence-corrected chi connectivity index (χ1v) is 7.98. The van der Waals surface area contributed by atoms with E-state index >= 15 is 0 Å². The van der Waals surface area contributed by atoms with Crippen molar-refractivity contribution < 1.29 is 9.72 Å². The third-order valence-electron chi connectivity index (χ3n) is 3.44. The summed E-state index contributed by atoms with van der Waals surface area (Å²) < 4.78 is 1.65. The summed E-state index contributed by atoms with van der Waals surface area (Å²) in [5.74, 6) is 2.20. The number of hydrogen-bond donors (Lipinski definition) is 1. The number of thioether (sulfide) groups is 1. The van der Waals surface area contributed by atoms with Crippen LogP contribution in [0.15, 0.2) is 24.3 Å². The minimum absolute atomic E-state index is 0.0261. The fourth-order valence-corrected chi connectivity index (χ4v) is 3.30. The zero-order valence-electron chi connectivity index (χ0n) is 11.9. The number of nitrogens with zero attached hydrogens (tertiary/aromatic N) is 3. The number of nitrogens with one attached hydrogen (secondary N) is 1. The van der Waals surface area contributed by atoms with Gasteiger partial charge in [-0.05, 0) is 12.1 Å². The van der Waals surface area contributed by atoms with Crippen LogP contribution < -0.4 is 5.32 Å². The van der Waals surface area contributed by atoms with Crippen LogP contribution in [0.4, 0.5) is 11.5 Å². The molecule has 0 saturated carbocycles. The second kappa shape index (κ2) is 5.80. The van der Waals surface area contributed by atoms with E-state index in [1.54, 1.807) is 35.5 Å². The number of rotatable bonds is 4. The van der Waals surface area contributed by atoms with E-state index in [4.69, 9.17) is 0 Å². The van der Waals surface area contributed by atoms with Gasteiger partial charge in [-0.1, -0.05) is 6.92 Å². The van der Waals surface area contributed by atoms with Crippen molar-refractivity contribution >= 4 is 29.2 Å². The average molecular weight is 318 g/mol. The van der Waals surface area contributed by atoms with Gasteiger partial charge in [-0.25, -0.2) is 4.68 Å². The maximum absolute atomic E-state index is 11.8. The van der Waals surface area contributed by atoms with Crippen molar-refractivity contribution in [3.8, 4) is 5.69 Å². The lowest BCUT2D eigenvalue weighted by molar-refractivity contribution is -0.384. The Hall–Kier alpha value is -2.35. The van der Waals surface area contributed by atoms with E-state index in [1.807, 2.05) is 0 Å². The normalized spacial score (nSPS) is 13.0. The highest BCUT2D eigenvalue weighted by molar-refractivity contribution is 7.98. The molecule has 0 saturated heterocycles. The van der Waals surface area contributed by atoms with Gasteiger partial charge in [0.05, 0.1) is 16.3 Å². The number of carbonyl (C=O) groups excluding carboxylic acids is 1. The van der Waals surface area contributed by atoms with Crippen molar-refractivity contribution in [1.82, 2.24) is 9.78 Å². The number of fused-ring (bicyclic) bond motifs is 1. The Morgan fingerprint density at radius 3 is 2.77 bits per heavy atom. The highest BCUT2D eigenvalue weighted by Crippen LogP contribution is 2.36. The summed E-state index contributed by atoms with van der Waals surface area (Å²) in [5, 5.41) is 18.2. The minimum atomic E-state index is -0.441. The second-order valence-corrected chi connectivity index (χ2v) is 5.84. The summed E-state index contributed by atoms with van der Waals surface area (Å²) in [6.07, 6.45) is 0.382. The molecule has 0 unspecified atom stereocenters. The van der Waals surface area contributed by atoms with Crippen LogP contribution in [0.5, 0.6) is 0 Å². The molecule has 0 radical (unpaired) electrons. The molecule has 1 N–H and O–H groups in total. The van der Waals surface area contributed by atoms with Crippen LogP contribution in [0.1, 0.15) is 24.6 Å². The quantitative estimate of drug-likeness (QED) is 0.691. The first-order chi connectivity index (χ1) is 10.6. The van der Waals surface area contributed by atoms with Gasteiger partial charge in [0.25, 0.3) is 5.69 Å². The fraction of sp³-hybridized carbons (Fsp3) is 0.286. The molecule has 114 valence electrons. The molecule has 2 aromatic rings. The predicted octanol–water partition coefficient (Wildman–Crippen LogP) is 2.88. The largest absolute Gasteiger partial charge is 0.310 e. The highest BCUT2D eigenvalue weighted by atomic mass is 32.2. The van der Waals surface area contributed by atoms with Crippen molar-refractivity contribution in [3.05, 3.63) is 45.6 Å². The van der Waals surface area contributed by atoms with Gasteiger partial charge in [0, 0.05) is 35.6 Å². The first-order valence-electron chi connectivity index (χ1n) is 6.83. The number of benzene rings is 1. The van der Waals surface area contributed by atoms with E-state index in [9.17, 15) is 14.9 Å². The minimum Gasteiger partial charge on any atom is -0.310 e. The van der Waals surface area contributed by atoms with E-state index in [0.717, 1.165) is 22.8 Å². The molecule has 1 aromatic heterocycles. The zero-order chi connectivity index (χ0) is 15.7. The number of anilines is 1. The van der Waals surface area contributed by atoms with E-state index in [1.165, 1.54) is 12.1 Å². The first kappa shape index (κ1) is 14.6. The molecule has 22 heavy (non-hydrogen) atoms. The monoisotopic (exact) mass is 318 g/mol. The molecule has 0 atom stereocenters. The Morgan fingerprint density at radius 2 is 2.14 bits per heavy atom. The molecule has 0 aliphatic carbocycles. The summed E-state index contributed by atoms with van der Waals surface area (Å²) in [7, 11) is 0. The Morgan fingerprint density at radius 1 is 1.41 bits per heavy atom. The van der Waals surface area contributed by atoms with Crippen molar-refractivity contribution in [2.24, 2.45) is 0 Å². The van der Waals surface area contributed by atoms with Gasteiger partial charge >= 0.3 is 0 Å². The highest BCUT2D eigenvalue weighted by Gasteiger charge is 2.24.